The number of hydrogen-bond acceptors (Lipinski definition) is 1. The monoisotopic (exact) mass is 295 g/mol. The van der Waals surface area contributed by atoms with Crippen LogP contribution in [0.3, 0.4) is 0 Å². The topological polar surface area (TPSA) is 20.3 Å². The molecule has 0 N–H and O–H groups in total. The maximum atomic E-state index is 12.0. The van der Waals surface area contributed by atoms with Crippen LogP contribution in [0.1, 0.15) is 23.1 Å². The van der Waals surface area contributed by atoms with Crippen molar-refractivity contribution in [1.82, 2.24) is 0 Å². The summed E-state index contributed by atoms with van der Waals surface area (Å²) in [4.78, 5) is 14.0. The first-order valence-electron chi connectivity index (χ1n) is 5.97. The minimum atomic E-state index is 0.254. The van der Waals surface area contributed by atoms with E-state index in [9.17, 15) is 4.79 Å². The van der Waals surface area contributed by atoms with Gasteiger partial charge in [-0.25, -0.2) is 0 Å². The van der Waals surface area contributed by atoms with E-state index < -0.39 is 0 Å². The van der Waals surface area contributed by atoms with Gasteiger partial charge in [0, 0.05) is 24.0 Å². The molecule has 1 saturated heterocycles. The SMILES string of the molecule is Cc1cc(C)c(N2CC(CBr)CC2=O)c(C)c1. The molecule has 1 aliphatic rings. The van der Waals surface area contributed by atoms with E-state index in [0.29, 0.717) is 12.3 Å². The highest BCUT2D eigenvalue weighted by atomic mass is 79.9. The summed E-state index contributed by atoms with van der Waals surface area (Å²) >= 11 is 3.47. The summed E-state index contributed by atoms with van der Waals surface area (Å²) in [6, 6.07) is 4.30. The molecule has 1 atom stereocenters. The minimum absolute atomic E-state index is 0.254. The molecule has 1 aromatic rings. The van der Waals surface area contributed by atoms with Crippen molar-refractivity contribution in [3.05, 3.63) is 28.8 Å². The molecular weight excluding hydrogens is 278 g/mol. The van der Waals surface area contributed by atoms with Crippen molar-refractivity contribution in [3.63, 3.8) is 0 Å². The number of anilines is 1. The largest absolute Gasteiger partial charge is 0.312 e. The molecule has 0 aliphatic carbocycles. The molecule has 3 heteroatoms. The smallest absolute Gasteiger partial charge is 0.227 e. The quantitative estimate of drug-likeness (QED) is 0.766. The normalized spacial score (nSPS) is 20.1. The van der Waals surface area contributed by atoms with E-state index in [-0.39, 0.29) is 5.91 Å². The van der Waals surface area contributed by atoms with Crippen LogP contribution >= 0.6 is 15.9 Å². The van der Waals surface area contributed by atoms with Gasteiger partial charge >= 0.3 is 0 Å². The number of rotatable bonds is 2. The predicted octanol–water partition coefficient (Wildman–Crippen LogP) is 3.36. The Labute approximate surface area is 111 Å². The zero-order chi connectivity index (χ0) is 12.6. The first-order chi connectivity index (χ1) is 8.02. The number of halogens is 1. The third-order valence-corrected chi connectivity index (χ3v) is 4.24. The summed E-state index contributed by atoms with van der Waals surface area (Å²) in [5, 5.41) is 0.902. The van der Waals surface area contributed by atoms with Crippen molar-refractivity contribution in [2.24, 2.45) is 5.92 Å². The lowest BCUT2D eigenvalue weighted by molar-refractivity contribution is -0.117. The lowest BCUT2D eigenvalue weighted by atomic mass is 10.0. The van der Waals surface area contributed by atoms with Crippen molar-refractivity contribution in [3.8, 4) is 0 Å². The third kappa shape index (κ3) is 2.39. The highest BCUT2D eigenvalue weighted by Crippen LogP contribution is 2.32. The Morgan fingerprint density at radius 1 is 1.29 bits per heavy atom. The number of carbonyl (C=O) groups is 1. The summed E-state index contributed by atoms with van der Waals surface area (Å²) in [6.07, 6.45) is 0.665. The third-order valence-electron chi connectivity index (χ3n) is 3.33. The number of alkyl halides is 1. The maximum absolute atomic E-state index is 12.0. The van der Waals surface area contributed by atoms with E-state index >= 15 is 0 Å². The lowest BCUT2D eigenvalue weighted by Gasteiger charge is -2.22. The van der Waals surface area contributed by atoms with E-state index in [0.717, 1.165) is 17.6 Å². The van der Waals surface area contributed by atoms with Gasteiger partial charge in [-0.1, -0.05) is 33.6 Å². The fourth-order valence-electron chi connectivity index (χ4n) is 2.70. The Hall–Kier alpha value is -0.830. The average Bonchev–Trinajstić information content (AvgIpc) is 2.59. The molecule has 2 rings (SSSR count). The maximum Gasteiger partial charge on any atom is 0.227 e. The Morgan fingerprint density at radius 3 is 2.35 bits per heavy atom. The van der Waals surface area contributed by atoms with E-state index in [1.165, 1.54) is 16.7 Å². The molecule has 0 saturated carbocycles. The Morgan fingerprint density at radius 2 is 1.88 bits per heavy atom. The first kappa shape index (κ1) is 12.6. The molecule has 92 valence electrons. The summed E-state index contributed by atoms with van der Waals surface area (Å²) in [5.74, 6) is 0.701. The van der Waals surface area contributed by atoms with Crippen LogP contribution in [0.2, 0.25) is 0 Å². The fraction of sp³-hybridized carbons (Fsp3) is 0.500. The summed E-state index contributed by atoms with van der Waals surface area (Å²) in [7, 11) is 0. The van der Waals surface area contributed by atoms with Crippen LogP contribution in [0, 0.1) is 26.7 Å². The molecule has 1 aromatic carbocycles. The van der Waals surface area contributed by atoms with E-state index in [4.69, 9.17) is 0 Å². The Balaban J connectivity index is 2.38. The van der Waals surface area contributed by atoms with Crippen LogP contribution in [0.5, 0.6) is 0 Å². The van der Waals surface area contributed by atoms with E-state index in [2.05, 4.69) is 48.8 Å². The molecule has 1 fully saturated rings. The Kier molecular flexibility index (Phi) is 3.57. The Bertz CT molecular complexity index is 433. The van der Waals surface area contributed by atoms with Crippen molar-refractivity contribution in [2.75, 3.05) is 16.8 Å². The number of amides is 1. The lowest BCUT2D eigenvalue weighted by Crippen LogP contribution is -2.26. The van der Waals surface area contributed by atoms with Gasteiger partial charge in [0.05, 0.1) is 0 Å². The molecular formula is C14H18BrNO. The van der Waals surface area contributed by atoms with E-state index in [1.807, 2.05) is 4.90 Å². The standard InChI is InChI=1S/C14H18BrNO/c1-9-4-10(2)14(11(3)5-9)16-8-12(7-15)6-13(16)17/h4-5,12H,6-8H2,1-3H3. The molecule has 1 unspecified atom stereocenters. The van der Waals surface area contributed by atoms with Gasteiger partial charge in [-0.05, 0) is 37.8 Å². The molecule has 17 heavy (non-hydrogen) atoms. The zero-order valence-corrected chi connectivity index (χ0v) is 12.2. The summed E-state index contributed by atoms with van der Waals surface area (Å²) in [5.41, 5.74) is 4.77. The second-order valence-corrected chi connectivity index (χ2v) is 5.62. The molecule has 0 bridgehead atoms. The van der Waals surface area contributed by atoms with Gasteiger partial charge in [0.1, 0.15) is 0 Å². The van der Waals surface area contributed by atoms with Gasteiger partial charge in [0.15, 0.2) is 0 Å². The molecule has 2 nitrogen and oxygen atoms in total. The van der Waals surface area contributed by atoms with Crippen molar-refractivity contribution >= 4 is 27.5 Å². The van der Waals surface area contributed by atoms with Crippen LogP contribution in [-0.4, -0.2) is 17.8 Å². The van der Waals surface area contributed by atoms with Crippen LogP contribution in [0.25, 0.3) is 0 Å². The van der Waals surface area contributed by atoms with Gasteiger partial charge < -0.3 is 4.90 Å². The number of benzene rings is 1. The molecule has 0 radical (unpaired) electrons. The van der Waals surface area contributed by atoms with Crippen LogP contribution in [-0.2, 0) is 4.79 Å². The first-order valence-corrected chi connectivity index (χ1v) is 7.09. The molecule has 1 aliphatic heterocycles. The molecule has 0 spiro atoms. The second kappa shape index (κ2) is 4.81. The van der Waals surface area contributed by atoms with Gasteiger partial charge in [-0.15, -0.1) is 0 Å². The van der Waals surface area contributed by atoms with Gasteiger partial charge in [0.25, 0.3) is 0 Å². The highest BCUT2D eigenvalue weighted by molar-refractivity contribution is 9.09. The van der Waals surface area contributed by atoms with E-state index in [1.54, 1.807) is 0 Å². The van der Waals surface area contributed by atoms with Crippen LogP contribution in [0.4, 0.5) is 5.69 Å². The number of aryl methyl sites for hydroxylation is 3. The number of nitrogens with zero attached hydrogens (tertiary/aromatic N) is 1. The van der Waals surface area contributed by atoms with Crippen molar-refractivity contribution in [1.29, 1.82) is 0 Å². The number of hydrogen-bond donors (Lipinski definition) is 0. The second-order valence-electron chi connectivity index (χ2n) is 4.98. The minimum Gasteiger partial charge on any atom is -0.312 e. The highest BCUT2D eigenvalue weighted by Gasteiger charge is 2.31. The average molecular weight is 296 g/mol. The number of carbonyl (C=O) groups excluding carboxylic acids is 1. The van der Waals surface area contributed by atoms with Crippen molar-refractivity contribution < 1.29 is 4.79 Å². The van der Waals surface area contributed by atoms with Gasteiger partial charge in [0.2, 0.25) is 5.91 Å². The fourth-order valence-corrected chi connectivity index (χ4v) is 3.13. The van der Waals surface area contributed by atoms with Crippen LogP contribution in [0.15, 0.2) is 12.1 Å². The molecule has 1 amide bonds. The summed E-state index contributed by atoms with van der Waals surface area (Å²) in [6.45, 7) is 7.11. The molecule has 1 heterocycles. The van der Waals surface area contributed by atoms with Gasteiger partial charge in [-0.2, -0.15) is 0 Å². The van der Waals surface area contributed by atoms with Gasteiger partial charge in [-0.3, -0.25) is 4.79 Å². The van der Waals surface area contributed by atoms with Crippen LogP contribution < -0.4 is 4.90 Å². The van der Waals surface area contributed by atoms with Crippen molar-refractivity contribution in [2.45, 2.75) is 27.2 Å². The summed E-state index contributed by atoms with van der Waals surface area (Å²) < 4.78 is 0. The zero-order valence-electron chi connectivity index (χ0n) is 10.6. The molecule has 0 aromatic heterocycles. The predicted molar refractivity (Wildman–Crippen MR) is 74.9 cm³/mol.